The third-order valence-electron chi connectivity index (χ3n) is 0.664. The zero-order chi connectivity index (χ0) is 7.98. The van der Waals surface area contributed by atoms with Gasteiger partial charge in [0.25, 0.3) is 0 Å². The SMILES string of the molecule is O=C([S-])NCCNC(=O)[S-].[Mn+2].[Zn+2]. The molecular formula is C4H6MnN2O2S2Zn+2. The van der Waals surface area contributed by atoms with Gasteiger partial charge in [-0.3, -0.25) is 0 Å². The van der Waals surface area contributed by atoms with Gasteiger partial charge in [-0.05, 0) is 0 Å². The molecule has 2 N–H and O–H groups in total. The summed E-state index contributed by atoms with van der Waals surface area (Å²) in [5.74, 6) is 0. The fraction of sp³-hybridized carbons (Fsp3) is 0.500. The van der Waals surface area contributed by atoms with Crippen molar-refractivity contribution in [2.45, 2.75) is 0 Å². The largest absolute Gasteiger partial charge is 2.00 e. The smallest absolute Gasteiger partial charge is 0.719 e. The van der Waals surface area contributed by atoms with Crippen molar-refractivity contribution in [1.82, 2.24) is 10.6 Å². The summed E-state index contributed by atoms with van der Waals surface area (Å²) in [4.78, 5) is 20.1. The van der Waals surface area contributed by atoms with Crippen LogP contribution in [0.3, 0.4) is 0 Å². The first-order chi connectivity index (χ1) is 4.63. The minimum atomic E-state index is -0.529. The second kappa shape index (κ2) is 11.5. The topological polar surface area (TPSA) is 58.2 Å². The Balaban J connectivity index is -0.000000405. The maximum atomic E-state index is 10.1. The van der Waals surface area contributed by atoms with Crippen molar-refractivity contribution in [3.05, 3.63) is 0 Å². The first-order valence-corrected chi connectivity index (χ1v) is 3.34. The molecule has 8 heteroatoms. The molecule has 0 aliphatic rings. The summed E-state index contributed by atoms with van der Waals surface area (Å²) < 4.78 is 0. The van der Waals surface area contributed by atoms with E-state index in [2.05, 4.69) is 35.9 Å². The van der Waals surface area contributed by atoms with Gasteiger partial charge in [-0.15, -0.1) is 0 Å². The van der Waals surface area contributed by atoms with Gasteiger partial charge in [0.05, 0.1) is 10.5 Å². The van der Waals surface area contributed by atoms with E-state index in [1.807, 2.05) is 0 Å². The second-order valence-corrected chi connectivity index (χ2v) is 2.17. The Morgan fingerprint density at radius 2 is 1.25 bits per heavy atom. The quantitative estimate of drug-likeness (QED) is 0.419. The molecule has 0 saturated heterocycles. The predicted octanol–water partition coefficient (Wildman–Crippen LogP) is -0.506. The van der Waals surface area contributed by atoms with E-state index < -0.39 is 10.5 Å². The van der Waals surface area contributed by atoms with Gasteiger partial charge in [-0.1, -0.05) is 0 Å². The van der Waals surface area contributed by atoms with Crippen molar-refractivity contribution in [2.24, 2.45) is 0 Å². The van der Waals surface area contributed by atoms with E-state index in [1.54, 1.807) is 0 Å². The van der Waals surface area contributed by atoms with Crippen LogP contribution in [0.5, 0.6) is 0 Å². The zero-order valence-corrected chi connectivity index (χ0v) is 11.9. The van der Waals surface area contributed by atoms with Crippen LogP contribution in [0.15, 0.2) is 0 Å². The number of amides is 2. The third-order valence-corrected chi connectivity index (χ3v) is 0.952. The van der Waals surface area contributed by atoms with Crippen LogP contribution in [-0.2, 0) is 61.8 Å². The van der Waals surface area contributed by atoms with Crippen molar-refractivity contribution in [3.63, 3.8) is 0 Å². The summed E-state index contributed by atoms with van der Waals surface area (Å²) in [6.45, 7) is 0.648. The number of carbonyl (C=O) groups excluding carboxylic acids is 2. The van der Waals surface area contributed by atoms with E-state index >= 15 is 0 Å². The molecule has 0 fully saturated rings. The van der Waals surface area contributed by atoms with Crippen LogP contribution in [0.25, 0.3) is 0 Å². The van der Waals surface area contributed by atoms with Crippen LogP contribution in [0.4, 0.5) is 9.59 Å². The molecule has 0 atom stereocenters. The molecular weight excluding hydrogens is 293 g/mol. The van der Waals surface area contributed by atoms with Crippen LogP contribution in [0.1, 0.15) is 0 Å². The monoisotopic (exact) mass is 297 g/mol. The molecule has 2 amide bonds. The first-order valence-electron chi connectivity index (χ1n) is 2.52. The molecule has 0 aromatic carbocycles. The summed E-state index contributed by atoms with van der Waals surface area (Å²) in [6.07, 6.45) is 0. The summed E-state index contributed by atoms with van der Waals surface area (Å²) in [7, 11) is 0. The number of carbonyl (C=O) groups is 2. The summed E-state index contributed by atoms with van der Waals surface area (Å²) in [5, 5.41) is 3.57. The number of hydrogen-bond donors (Lipinski definition) is 2. The predicted molar refractivity (Wildman–Crippen MR) is 41.5 cm³/mol. The van der Waals surface area contributed by atoms with Crippen molar-refractivity contribution < 1.29 is 46.1 Å². The molecule has 0 spiro atoms. The van der Waals surface area contributed by atoms with Crippen molar-refractivity contribution in [1.29, 1.82) is 0 Å². The Kier molecular flexibility index (Phi) is 17.6. The van der Waals surface area contributed by atoms with Gasteiger partial charge < -0.3 is 45.5 Å². The molecule has 0 bridgehead atoms. The fourth-order valence-corrected chi connectivity index (χ4v) is 0.533. The molecule has 0 aliphatic heterocycles. The Morgan fingerprint density at radius 1 is 1.00 bits per heavy atom. The fourth-order valence-electron chi connectivity index (χ4n) is 0.329. The van der Waals surface area contributed by atoms with E-state index in [0.29, 0.717) is 13.1 Å². The summed E-state index contributed by atoms with van der Waals surface area (Å²) in [6, 6.07) is 0. The molecule has 0 aromatic heterocycles. The number of rotatable bonds is 3. The molecule has 0 aliphatic carbocycles. The van der Waals surface area contributed by atoms with Crippen molar-refractivity contribution >= 4 is 35.7 Å². The third kappa shape index (κ3) is 16.9. The van der Waals surface area contributed by atoms with E-state index in [0.717, 1.165) is 0 Å². The van der Waals surface area contributed by atoms with Gasteiger partial charge in [0, 0.05) is 13.1 Å². The minimum Gasteiger partial charge on any atom is -0.719 e. The maximum absolute atomic E-state index is 10.1. The Morgan fingerprint density at radius 3 is 1.42 bits per heavy atom. The zero-order valence-electron chi connectivity index (χ0n) is 6.13. The molecule has 63 valence electrons. The Bertz CT molecular complexity index is 133. The molecule has 1 radical (unpaired) electrons. The van der Waals surface area contributed by atoms with E-state index in [4.69, 9.17) is 0 Å². The van der Waals surface area contributed by atoms with Crippen LogP contribution in [0, 0.1) is 0 Å². The standard InChI is InChI=1S/C4H8N2O2S2.Mn.Zn/c7-3(9)5-1-2-6-4(8)10;;/h1-2H2,(H2,5,7,9)(H2,6,8,10);;/q;2*+2/p-2. The molecule has 0 rings (SSSR count). The van der Waals surface area contributed by atoms with Crippen molar-refractivity contribution in [2.75, 3.05) is 13.1 Å². The number of hydrogen-bond acceptors (Lipinski definition) is 4. The average molecular weight is 299 g/mol. The summed E-state index contributed by atoms with van der Waals surface area (Å²) in [5.41, 5.74) is 0. The van der Waals surface area contributed by atoms with Crippen molar-refractivity contribution in [3.8, 4) is 0 Å². The Hall–Kier alpha value is 0.523. The molecule has 4 nitrogen and oxygen atoms in total. The molecule has 0 aromatic rings. The van der Waals surface area contributed by atoms with Crippen LogP contribution >= 0.6 is 0 Å². The van der Waals surface area contributed by atoms with Crippen LogP contribution in [-0.4, -0.2) is 23.6 Å². The van der Waals surface area contributed by atoms with Gasteiger partial charge >= 0.3 is 36.5 Å². The van der Waals surface area contributed by atoms with Gasteiger partial charge in [0.1, 0.15) is 0 Å². The minimum absolute atomic E-state index is 0. The number of nitrogens with one attached hydrogen (secondary N) is 2. The summed E-state index contributed by atoms with van der Waals surface area (Å²) >= 11 is 8.34. The first kappa shape index (κ1) is 18.3. The van der Waals surface area contributed by atoms with Gasteiger partial charge in [-0.2, -0.15) is 0 Å². The van der Waals surface area contributed by atoms with Gasteiger partial charge in [-0.25, -0.2) is 0 Å². The molecule has 0 heterocycles. The van der Waals surface area contributed by atoms with Gasteiger partial charge in [0.15, 0.2) is 0 Å². The van der Waals surface area contributed by atoms with Crippen LogP contribution in [0.2, 0.25) is 0 Å². The Labute approximate surface area is 105 Å². The normalized spacial score (nSPS) is 7.00. The molecule has 12 heavy (non-hydrogen) atoms. The van der Waals surface area contributed by atoms with E-state index in [1.165, 1.54) is 0 Å². The second-order valence-electron chi connectivity index (χ2n) is 1.43. The van der Waals surface area contributed by atoms with Crippen LogP contribution < -0.4 is 10.6 Å². The molecule has 0 unspecified atom stereocenters. The van der Waals surface area contributed by atoms with E-state index in [9.17, 15) is 9.59 Å². The average Bonchev–Trinajstić information content (AvgIpc) is 1.79. The van der Waals surface area contributed by atoms with Gasteiger partial charge in [0.2, 0.25) is 0 Å². The maximum Gasteiger partial charge on any atom is 2.00 e. The molecule has 0 saturated carbocycles. The van der Waals surface area contributed by atoms with E-state index in [-0.39, 0.29) is 36.5 Å².